The minimum atomic E-state index is -3.13. The molecule has 5 rings (SSSR count). The molecular formula is C27H27F2N7O2. The molecule has 5 aromatic rings. The minimum Gasteiger partial charge on any atom is -0.487 e. The highest BCUT2D eigenvalue weighted by molar-refractivity contribution is 6.08. The van der Waals surface area contributed by atoms with Crippen molar-refractivity contribution in [2.75, 3.05) is 18.5 Å². The normalized spacial score (nSPS) is 11.8. The predicted molar refractivity (Wildman–Crippen MR) is 140 cm³/mol. The standard InChI is InChI=1S/C27H27F2N7O2/c1-3-20-25-21(8-5-9-22(25)36(34-20)14-18-7-4-6-17(2)32-18)33-26(37)23-13-31-24-12-19(10-11-35(23)24)38-16-27(28,29)15-30/h4-13H,3,14-16,30H2,1-2H3,(H,33,37). The number of rotatable bonds is 9. The summed E-state index contributed by atoms with van der Waals surface area (Å²) in [7, 11) is 0. The molecule has 4 aromatic heterocycles. The van der Waals surface area contributed by atoms with Crippen LogP contribution < -0.4 is 15.8 Å². The summed E-state index contributed by atoms with van der Waals surface area (Å²) in [6.07, 6.45) is 3.66. The quantitative estimate of drug-likeness (QED) is 0.302. The Labute approximate surface area is 217 Å². The van der Waals surface area contributed by atoms with Crippen LogP contribution in [0.4, 0.5) is 14.5 Å². The molecule has 11 heteroatoms. The molecule has 0 unspecified atom stereocenters. The van der Waals surface area contributed by atoms with Crippen molar-refractivity contribution in [2.24, 2.45) is 5.73 Å². The summed E-state index contributed by atoms with van der Waals surface area (Å²) in [4.78, 5) is 22.1. The number of carbonyl (C=O) groups is 1. The van der Waals surface area contributed by atoms with Crippen LogP contribution >= 0.6 is 0 Å². The zero-order valence-electron chi connectivity index (χ0n) is 21.0. The second kappa shape index (κ2) is 10.2. The van der Waals surface area contributed by atoms with Gasteiger partial charge in [0.25, 0.3) is 11.8 Å². The van der Waals surface area contributed by atoms with Gasteiger partial charge in [-0.15, -0.1) is 0 Å². The first-order valence-electron chi connectivity index (χ1n) is 12.2. The van der Waals surface area contributed by atoms with Crippen LogP contribution in [0.15, 0.2) is 60.9 Å². The molecule has 4 heterocycles. The van der Waals surface area contributed by atoms with Crippen LogP contribution in [0, 0.1) is 6.92 Å². The van der Waals surface area contributed by atoms with Gasteiger partial charge >= 0.3 is 0 Å². The van der Waals surface area contributed by atoms with Gasteiger partial charge in [-0.05, 0) is 43.7 Å². The lowest BCUT2D eigenvalue weighted by Gasteiger charge is -2.14. The fourth-order valence-corrected chi connectivity index (χ4v) is 4.28. The first kappa shape index (κ1) is 25.3. The molecule has 3 N–H and O–H groups in total. The van der Waals surface area contributed by atoms with Gasteiger partial charge in [0.05, 0.1) is 41.9 Å². The lowest BCUT2D eigenvalue weighted by atomic mass is 10.1. The van der Waals surface area contributed by atoms with Crippen LogP contribution in [0.3, 0.4) is 0 Å². The molecule has 0 fully saturated rings. The Balaban J connectivity index is 1.41. The van der Waals surface area contributed by atoms with Crippen molar-refractivity contribution in [3.05, 3.63) is 83.7 Å². The summed E-state index contributed by atoms with van der Waals surface area (Å²) in [5, 5.41) is 8.65. The van der Waals surface area contributed by atoms with Gasteiger partial charge in [0, 0.05) is 23.3 Å². The van der Waals surface area contributed by atoms with E-state index in [1.165, 1.54) is 18.3 Å². The second-order valence-electron chi connectivity index (χ2n) is 8.96. The number of imidazole rings is 1. The molecule has 0 radical (unpaired) electrons. The number of halogens is 2. The molecule has 38 heavy (non-hydrogen) atoms. The zero-order chi connectivity index (χ0) is 26.9. The van der Waals surface area contributed by atoms with E-state index in [0.717, 1.165) is 28.0 Å². The third kappa shape index (κ3) is 5.05. The monoisotopic (exact) mass is 519 g/mol. The molecular weight excluding hydrogens is 492 g/mol. The summed E-state index contributed by atoms with van der Waals surface area (Å²) in [5.74, 6) is -3.30. The third-order valence-corrected chi connectivity index (χ3v) is 6.16. The number of hydrogen-bond donors (Lipinski definition) is 2. The van der Waals surface area contributed by atoms with Crippen molar-refractivity contribution in [2.45, 2.75) is 32.7 Å². The maximum absolute atomic E-state index is 13.4. The van der Waals surface area contributed by atoms with E-state index in [9.17, 15) is 13.6 Å². The zero-order valence-corrected chi connectivity index (χ0v) is 21.0. The average Bonchev–Trinajstić information content (AvgIpc) is 3.49. The van der Waals surface area contributed by atoms with E-state index in [1.807, 2.05) is 54.9 Å². The first-order valence-corrected chi connectivity index (χ1v) is 12.2. The molecule has 0 aliphatic rings. The van der Waals surface area contributed by atoms with Gasteiger partial charge < -0.3 is 15.8 Å². The van der Waals surface area contributed by atoms with Crippen LogP contribution in [0.25, 0.3) is 16.6 Å². The Kier molecular flexibility index (Phi) is 6.77. The molecule has 196 valence electrons. The van der Waals surface area contributed by atoms with Crippen LogP contribution in [-0.2, 0) is 13.0 Å². The summed E-state index contributed by atoms with van der Waals surface area (Å²) < 4.78 is 35.5. The van der Waals surface area contributed by atoms with Crippen molar-refractivity contribution in [1.29, 1.82) is 0 Å². The van der Waals surface area contributed by atoms with Gasteiger partial charge in [-0.2, -0.15) is 5.10 Å². The number of alkyl halides is 2. The number of nitrogens with one attached hydrogen (secondary N) is 1. The van der Waals surface area contributed by atoms with E-state index >= 15 is 0 Å². The van der Waals surface area contributed by atoms with Crippen molar-refractivity contribution in [1.82, 2.24) is 24.1 Å². The van der Waals surface area contributed by atoms with Crippen molar-refractivity contribution in [3.8, 4) is 5.75 Å². The number of nitrogens with two attached hydrogens (primary N) is 1. The molecule has 0 atom stereocenters. The largest absolute Gasteiger partial charge is 0.487 e. The Bertz CT molecular complexity index is 1630. The predicted octanol–water partition coefficient (Wildman–Crippen LogP) is 4.22. The van der Waals surface area contributed by atoms with Crippen LogP contribution in [0.2, 0.25) is 0 Å². The maximum Gasteiger partial charge on any atom is 0.293 e. The van der Waals surface area contributed by atoms with Gasteiger partial charge in [0.1, 0.15) is 17.1 Å². The van der Waals surface area contributed by atoms with E-state index in [2.05, 4.69) is 15.3 Å². The topological polar surface area (TPSA) is 112 Å². The molecule has 0 bridgehead atoms. The maximum atomic E-state index is 13.4. The van der Waals surface area contributed by atoms with E-state index in [1.54, 1.807) is 10.6 Å². The number of amides is 1. The number of pyridine rings is 2. The van der Waals surface area contributed by atoms with Gasteiger partial charge in [-0.3, -0.25) is 18.9 Å². The molecule has 1 aromatic carbocycles. The fourth-order valence-electron chi connectivity index (χ4n) is 4.28. The number of hydrogen-bond acceptors (Lipinski definition) is 6. The average molecular weight is 520 g/mol. The Hall–Kier alpha value is -4.38. The molecule has 0 saturated carbocycles. The van der Waals surface area contributed by atoms with Gasteiger partial charge in [0.2, 0.25) is 0 Å². The SMILES string of the molecule is CCc1nn(Cc2cccc(C)n2)c2cccc(NC(=O)c3cnc4cc(OCC(F)(F)CN)ccn34)c12. The van der Waals surface area contributed by atoms with Crippen LogP contribution in [0.1, 0.15) is 34.5 Å². The number of ether oxygens (including phenoxy) is 1. The molecule has 9 nitrogen and oxygen atoms in total. The molecule has 1 amide bonds. The summed E-state index contributed by atoms with van der Waals surface area (Å²) >= 11 is 0. The van der Waals surface area contributed by atoms with Crippen LogP contribution in [0.5, 0.6) is 5.75 Å². The number of nitrogens with zero attached hydrogens (tertiary/aromatic N) is 5. The lowest BCUT2D eigenvalue weighted by molar-refractivity contribution is -0.0319. The lowest BCUT2D eigenvalue weighted by Crippen LogP contribution is -2.34. The Morgan fingerprint density at radius 1 is 1.18 bits per heavy atom. The molecule has 0 aliphatic heterocycles. The van der Waals surface area contributed by atoms with Crippen LogP contribution in [-0.4, -0.2) is 49.1 Å². The highest BCUT2D eigenvalue weighted by Gasteiger charge is 2.28. The molecule has 0 saturated heterocycles. The number of anilines is 1. The Morgan fingerprint density at radius 3 is 2.76 bits per heavy atom. The summed E-state index contributed by atoms with van der Waals surface area (Å²) in [5.41, 5.74) is 9.93. The van der Waals surface area contributed by atoms with E-state index in [4.69, 9.17) is 15.6 Å². The number of aryl methyl sites for hydroxylation is 2. The highest BCUT2D eigenvalue weighted by atomic mass is 19.3. The minimum absolute atomic E-state index is 0.205. The van der Waals surface area contributed by atoms with Gasteiger partial charge in [0.15, 0.2) is 6.61 Å². The number of aromatic nitrogens is 5. The van der Waals surface area contributed by atoms with Crippen molar-refractivity contribution < 1.29 is 18.3 Å². The summed E-state index contributed by atoms with van der Waals surface area (Å²) in [6, 6.07) is 14.5. The van der Waals surface area contributed by atoms with E-state index in [-0.39, 0.29) is 17.4 Å². The smallest absolute Gasteiger partial charge is 0.293 e. The van der Waals surface area contributed by atoms with Gasteiger partial charge in [-0.1, -0.05) is 19.1 Å². The third-order valence-electron chi connectivity index (χ3n) is 6.16. The molecule has 0 aliphatic carbocycles. The highest BCUT2D eigenvalue weighted by Crippen LogP contribution is 2.29. The number of carbonyl (C=O) groups excluding carboxylic acids is 1. The van der Waals surface area contributed by atoms with E-state index < -0.39 is 19.1 Å². The fraction of sp³-hybridized carbons (Fsp3) is 0.259. The summed E-state index contributed by atoms with van der Waals surface area (Å²) in [6.45, 7) is 2.82. The number of benzene rings is 1. The van der Waals surface area contributed by atoms with Gasteiger partial charge in [-0.25, -0.2) is 13.8 Å². The molecule has 0 spiro atoms. The van der Waals surface area contributed by atoms with E-state index in [0.29, 0.717) is 24.3 Å². The second-order valence-corrected chi connectivity index (χ2v) is 8.96. The van der Waals surface area contributed by atoms with Crippen molar-refractivity contribution in [3.63, 3.8) is 0 Å². The first-order chi connectivity index (χ1) is 18.3. The Morgan fingerprint density at radius 2 is 2.00 bits per heavy atom. The number of fused-ring (bicyclic) bond motifs is 2. The van der Waals surface area contributed by atoms with Crippen molar-refractivity contribution >= 4 is 28.1 Å².